The fraction of sp³-hybridized carbons (Fsp3) is 0.455. The van der Waals surface area contributed by atoms with Gasteiger partial charge in [-0.3, -0.25) is 0 Å². The maximum atomic E-state index is 13.3. The zero-order valence-electron chi connectivity index (χ0n) is 9.28. The monoisotopic (exact) mass is 248 g/mol. The summed E-state index contributed by atoms with van der Waals surface area (Å²) >= 11 is 0. The van der Waals surface area contributed by atoms with Crippen LogP contribution in [0.15, 0.2) is 18.2 Å². The molecule has 16 heavy (non-hydrogen) atoms. The van der Waals surface area contributed by atoms with Crippen LogP contribution in [0, 0.1) is 5.82 Å². The smallest absolute Gasteiger partial charge is 0.165 e. The van der Waals surface area contributed by atoms with E-state index in [9.17, 15) is 4.39 Å². The van der Waals surface area contributed by atoms with Crippen molar-refractivity contribution in [3.63, 3.8) is 0 Å². The van der Waals surface area contributed by atoms with Crippen LogP contribution in [-0.2, 0) is 0 Å². The Bertz CT molecular complexity index is 323. The van der Waals surface area contributed by atoms with Crippen molar-refractivity contribution in [2.45, 2.75) is 18.9 Å². The lowest BCUT2D eigenvalue weighted by molar-refractivity contribution is 0.376. The fourth-order valence-electron chi connectivity index (χ4n) is 1.53. The molecule has 0 aliphatic carbocycles. The van der Waals surface area contributed by atoms with Gasteiger partial charge in [-0.05, 0) is 25.5 Å². The summed E-state index contributed by atoms with van der Waals surface area (Å²) in [4.78, 5) is 0. The Hall–Kier alpha value is -0.840. The molecule has 0 fully saturated rings. The van der Waals surface area contributed by atoms with E-state index in [0.29, 0.717) is 12.1 Å². The number of hydrogen-bond donors (Lipinski definition) is 2. The van der Waals surface area contributed by atoms with Gasteiger partial charge in [0.25, 0.3) is 0 Å². The molecule has 1 rings (SSSR count). The maximum absolute atomic E-state index is 13.3. The molecule has 5 heteroatoms. The molecule has 0 aromatic heterocycles. The van der Waals surface area contributed by atoms with Crippen LogP contribution >= 0.6 is 12.4 Å². The van der Waals surface area contributed by atoms with Crippen molar-refractivity contribution in [3.05, 3.63) is 29.6 Å². The van der Waals surface area contributed by atoms with Crippen molar-refractivity contribution in [2.24, 2.45) is 11.5 Å². The van der Waals surface area contributed by atoms with Gasteiger partial charge in [-0.25, -0.2) is 4.39 Å². The number of ether oxygens (including phenoxy) is 1. The van der Waals surface area contributed by atoms with E-state index in [-0.39, 0.29) is 30.0 Å². The molecule has 4 N–H and O–H groups in total. The van der Waals surface area contributed by atoms with Crippen LogP contribution < -0.4 is 16.2 Å². The van der Waals surface area contributed by atoms with Gasteiger partial charge in [0, 0.05) is 11.6 Å². The minimum absolute atomic E-state index is 0. The second kappa shape index (κ2) is 7.44. The van der Waals surface area contributed by atoms with E-state index in [2.05, 4.69) is 0 Å². The van der Waals surface area contributed by atoms with Gasteiger partial charge in [-0.2, -0.15) is 0 Å². The Morgan fingerprint density at radius 3 is 2.69 bits per heavy atom. The summed E-state index contributed by atoms with van der Waals surface area (Å²) in [5, 5.41) is 0. The minimum atomic E-state index is -0.377. The van der Waals surface area contributed by atoms with Crippen LogP contribution in [0.3, 0.4) is 0 Å². The van der Waals surface area contributed by atoms with Crippen molar-refractivity contribution in [2.75, 3.05) is 13.7 Å². The summed E-state index contributed by atoms with van der Waals surface area (Å²) in [5.74, 6) is -0.139. The van der Waals surface area contributed by atoms with E-state index in [1.807, 2.05) is 0 Å². The fourth-order valence-corrected chi connectivity index (χ4v) is 1.53. The number of rotatable bonds is 5. The lowest BCUT2D eigenvalue weighted by Gasteiger charge is -2.15. The largest absolute Gasteiger partial charge is 0.493 e. The number of hydrogen-bond acceptors (Lipinski definition) is 3. The lowest BCUT2D eigenvalue weighted by atomic mass is 10.0. The second-order valence-corrected chi connectivity index (χ2v) is 3.40. The molecule has 0 amide bonds. The third kappa shape index (κ3) is 3.63. The van der Waals surface area contributed by atoms with Crippen LogP contribution in [0.25, 0.3) is 0 Å². The molecule has 0 saturated heterocycles. The first-order chi connectivity index (χ1) is 7.20. The molecular formula is C11H18ClFN2O. The van der Waals surface area contributed by atoms with Crippen molar-refractivity contribution in [1.29, 1.82) is 0 Å². The topological polar surface area (TPSA) is 61.3 Å². The molecule has 1 aromatic carbocycles. The molecule has 92 valence electrons. The van der Waals surface area contributed by atoms with Crippen LogP contribution in [-0.4, -0.2) is 13.7 Å². The average molecular weight is 249 g/mol. The molecule has 0 saturated carbocycles. The SMILES string of the molecule is COc1c(F)cccc1[C@H](N)CCCN.Cl. The number of para-hydroxylation sites is 1. The zero-order chi connectivity index (χ0) is 11.3. The van der Waals surface area contributed by atoms with Crippen molar-refractivity contribution >= 4 is 12.4 Å². The third-order valence-corrected chi connectivity index (χ3v) is 2.32. The van der Waals surface area contributed by atoms with Gasteiger partial charge in [0.15, 0.2) is 11.6 Å². The Labute approximate surface area is 101 Å². The molecule has 0 unspecified atom stereocenters. The molecule has 0 spiro atoms. The number of nitrogens with two attached hydrogens (primary N) is 2. The summed E-state index contributed by atoms with van der Waals surface area (Å²) in [6.07, 6.45) is 1.55. The van der Waals surface area contributed by atoms with E-state index in [4.69, 9.17) is 16.2 Å². The van der Waals surface area contributed by atoms with E-state index in [1.54, 1.807) is 12.1 Å². The summed E-state index contributed by atoms with van der Waals surface area (Å²) in [6.45, 7) is 0.589. The normalized spacial score (nSPS) is 11.8. The zero-order valence-corrected chi connectivity index (χ0v) is 10.1. The molecule has 0 bridgehead atoms. The molecule has 0 aliphatic heterocycles. The van der Waals surface area contributed by atoms with Crippen LogP contribution in [0.2, 0.25) is 0 Å². The predicted molar refractivity (Wildman–Crippen MR) is 65.4 cm³/mol. The summed E-state index contributed by atoms with van der Waals surface area (Å²) in [5.41, 5.74) is 12.0. The molecule has 0 radical (unpaired) electrons. The summed E-state index contributed by atoms with van der Waals surface area (Å²) in [7, 11) is 1.44. The molecule has 1 atom stereocenters. The first-order valence-corrected chi connectivity index (χ1v) is 4.98. The first kappa shape index (κ1) is 15.2. The van der Waals surface area contributed by atoms with Crippen LogP contribution in [0.5, 0.6) is 5.75 Å². The Morgan fingerprint density at radius 2 is 2.12 bits per heavy atom. The van der Waals surface area contributed by atoms with Crippen LogP contribution in [0.1, 0.15) is 24.4 Å². The Morgan fingerprint density at radius 1 is 1.44 bits per heavy atom. The Balaban J connectivity index is 0.00000225. The molecule has 1 aromatic rings. The number of benzene rings is 1. The van der Waals surface area contributed by atoms with Gasteiger partial charge in [-0.1, -0.05) is 12.1 Å². The minimum Gasteiger partial charge on any atom is -0.493 e. The van der Waals surface area contributed by atoms with Gasteiger partial charge in [-0.15, -0.1) is 12.4 Å². The number of halogens is 2. The van der Waals surface area contributed by atoms with Gasteiger partial charge in [0.05, 0.1) is 7.11 Å². The van der Waals surface area contributed by atoms with E-state index < -0.39 is 0 Å². The second-order valence-electron chi connectivity index (χ2n) is 3.40. The van der Waals surface area contributed by atoms with E-state index >= 15 is 0 Å². The standard InChI is InChI=1S/C11H17FN2O.ClH/c1-15-11-8(4-2-5-9(11)12)10(14)6-3-7-13;/h2,4-5,10H,3,6-7,13-14H2,1H3;1H/t10-;/m1./s1. The molecule has 0 heterocycles. The Kier molecular flexibility index (Phi) is 7.05. The quantitative estimate of drug-likeness (QED) is 0.838. The maximum Gasteiger partial charge on any atom is 0.165 e. The van der Waals surface area contributed by atoms with Crippen molar-refractivity contribution < 1.29 is 9.13 Å². The highest BCUT2D eigenvalue weighted by Gasteiger charge is 2.14. The van der Waals surface area contributed by atoms with Crippen molar-refractivity contribution in [1.82, 2.24) is 0 Å². The van der Waals surface area contributed by atoms with E-state index in [0.717, 1.165) is 12.8 Å². The highest BCUT2D eigenvalue weighted by Crippen LogP contribution is 2.28. The molecule has 0 aliphatic rings. The first-order valence-electron chi connectivity index (χ1n) is 4.98. The van der Waals surface area contributed by atoms with Gasteiger partial charge in [0.1, 0.15) is 0 Å². The average Bonchev–Trinajstić information content (AvgIpc) is 2.25. The third-order valence-electron chi connectivity index (χ3n) is 2.32. The van der Waals surface area contributed by atoms with Crippen LogP contribution in [0.4, 0.5) is 4.39 Å². The van der Waals surface area contributed by atoms with Gasteiger partial charge >= 0.3 is 0 Å². The van der Waals surface area contributed by atoms with Gasteiger partial charge in [0.2, 0.25) is 0 Å². The van der Waals surface area contributed by atoms with Crippen molar-refractivity contribution in [3.8, 4) is 5.75 Å². The molecule has 3 nitrogen and oxygen atoms in total. The summed E-state index contributed by atoms with van der Waals surface area (Å²) < 4.78 is 18.3. The molecular weight excluding hydrogens is 231 g/mol. The van der Waals surface area contributed by atoms with Gasteiger partial charge < -0.3 is 16.2 Å². The predicted octanol–water partition coefficient (Wildman–Crippen LogP) is 1.99. The summed E-state index contributed by atoms with van der Waals surface area (Å²) in [6, 6.07) is 4.55. The van der Waals surface area contributed by atoms with E-state index in [1.165, 1.54) is 13.2 Å². The highest BCUT2D eigenvalue weighted by molar-refractivity contribution is 5.85. The number of methoxy groups -OCH3 is 1. The lowest BCUT2D eigenvalue weighted by Crippen LogP contribution is -2.14. The highest BCUT2D eigenvalue weighted by atomic mass is 35.5.